The molecule has 3 rings (SSSR count). The molecule has 2 aliphatic carbocycles. The molecular formula is C29H45N3O5. The SMILES string of the molecule is CC(C)CC(NC(=O)OC(C)(C)C)C(=O)N(C1CCC1)C(C(=O)NC1CCCCC1)c1cccc(O)c1. The van der Waals surface area contributed by atoms with Gasteiger partial charge in [-0.05, 0) is 82.9 Å². The topological polar surface area (TPSA) is 108 Å². The summed E-state index contributed by atoms with van der Waals surface area (Å²) in [6, 6.07) is 4.81. The number of hydrogen-bond donors (Lipinski definition) is 3. The Morgan fingerprint density at radius 2 is 1.73 bits per heavy atom. The zero-order valence-electron chi connectivity index (χ0n) is 23.1. The monoisotopic (exact) mass is 515 g/mol. The highest BCUT2D eigenvalue weighted by Gasteiger charge is 2.42. The summed E-state index contributed by atoms with van der Waals surface area (Å²) < 4.78 is 5.46. The van der Waals surface area contributed by atoms with Crippen molar-refractivity contribution in [3.8, 4) is 5.75 Å². The van der Waals surface area contributed by atoms with Crippen molar-refractivity contribution in [3.05, 3.63) is 29.8 Å². The zero-order valence-corrected chi connectivity index (χ0v) is 23.1. The minimum atomic E-state index is -0.901. The van der Waals surface area contributed by atoms with E-state index in [-0.39, 0.29) is 35.6 Å². The van der Waals surface area contributed by atoms with Crippen molar-refractivity contribution < 1.29 is 24.2 Å². The molecule has 1 aromatic rings. The number of aromatic hydroxyl groups is 1. The van der Waals surface area contributed by atoms with E-state index >= 15 is 0 Å². The lowest BCUT2D eigenvalue weighted by molar-refractivity contribution is -0.148. The number of benzene rings is 1. The molecular weight excluding hydrogens is 470 g/mol. The number of alkyl carbamates (subject to hydrolysis) is 1. The van der Waals surface area contributed by atoms with E-state index in [1.165, 1.54) is 6.42 Å². The molecule has 206 valence electrons. The van der Waals surface area contributed by atoms with E-state index in [1.807, 2.05) is 13.8 Å². The Morgan fingerprint density at radius 1 is 1.05 bits per heavy atom. The number of phenolic OH excluding ortho intramolecular Hbond substituents is 1. The van der Waals surface area contributed by atoms with Crippen LogP contribution in [0.3, 0.4) is 0 Å². The van der Waals surface area contributed by atoms with Gasteiger partial charge < -0.3 is 25.4 Å². The van der Waals surface area contributed by atoms with Crippen molar-refractivity contribution in [2.75, 3.05) is 0 Å². The Bertz CT molecular complexity index is 932. The number of carbonyl (C=O) groups excluding carboxylic acids is 3. The van der Waals surface area contributed by atoms with E-state index in [0.717, 1.165) is 44.9 Å². The molecule has 2 saturated carbocycles. The normalized spacial score (nSPS) is 18.4. The van der Waals surface area contributed by atoms with Gasteiger partial charge in [-0.2, -0.15) is 0 Å². The first kappa shape index (κ1) is 28.8. The third kappa shape index (κ3) is 8.37. The van der Waals surface area contributed by atoms with Crippen molar-refractivity contribution in [2.45, 2.75) is 122 Å². The lowest BCUT2D eigenvalue weighted by atomic mass is 9.87. The van der Waals surface area contributed by atoms with Crippen LogP contribution in [0.5, 0.6) is 5.75 Å². The summed E-state index contributed by atoms with van der Waals surface area (Å²) in [4.78, 5) is 42.5. The molecule has 2 fully saturated rings. The number of nitrogens with zero attached hydrogens (tertiary/aromatic N) is 1. The Balaban J connectivity index is 1.96. The molecule has 0 bridgehead atoms. The van der Waals surface area contributed by atoms with Crippen molar-refractivity contribution in [3.63, 3.8) is 0 Å². The predicted octanol–water partition coefficient (Wildman–Crippen LogP) is 5.20. The Kier molecular flexibility index (Phi) is 9.85. The maximum absolute atomic E-state index is 14.2. The summed E-state index contributed by atoms with van der Waals surface area (Å²) in [6.07, 6.45) is 7.47. The number of amides is 3. The molecule has 8 heteroatoms. The van der Waals surface area contributed by atoms with E-state index in [4.69, 9.17) is 4.74 Å². The highest BCUT2D eigenvalue weighted by molar-refractivity contribution is 5.92. The highest BCUT2D eigenvalue weighted by atomic mass is 16.6. The van der Waals surface area contributed by atoms with Crippen LogP contribution in [0.2, 0.25) is 0 Å². The van der Waals surface area contributed by atoms with Gasteiger partial charge in [0.2, 0.25) is 11.8 Å². The van der Waals surface area contributed by atoms with Crippen LogP contribution in [0.25, 0.3) is 0 Å². The molecule has 3 amide bonds. The molecule has 2 unspecified atom stereocenters. The maximum Gasteiger partial charge on any atom is 0.408 e. The summed E-state index contributed by atoms with van der Waals surface area (Å²) in [5, 5.41) is 16.2. The van der Waals surface area contributed by atoms with Crippen LogP contribution >= 0.6 is 0 Å². The van der Waals surface area contributed by atoms with Crippen LogP contribution in [0, 0.1) is 5.92 Å². The summed E-state index contributed by atoms with van der Waals surface area (Å²) in [5.41, 5.74) is -0.137. The van der Waals surface area contributed by atoms with Gasteiger partial charge in [-0.1, -0.05) is 45.2 Å². The highest BCUT2D eigenvalue weighted by Crippen LogP contribution is 2.35. The molecule has 2 aliphatic rings. The average Bonchev–Trinajstić information content (AvgIpc) is 2.75. The molecule has 0 aromatic heterocycles. The molecule has 8 nitrogen and oxygen atoms in total. The van der Waals surface area contributed by atoms with E-state index in [9.17, 15) is 19.5 Å². The fourth-order valence-electron chi connectivity index (χ4n) is 5.17. The van der Waals surface area contributed by atoms with Gasteiger partial charge in [-0.3, -0.25) is 9.59 Å². The first-order chi connectivity index (χ1) is 17.4. The second-order valence-electron chi connectivity index (χ2n) is 12.0. The molecule has 37 heavy (non-hydrogen) atoms. The molecule has 3 N–H and O–H groups in total. The second kappa shape index (κ2) is 12.7. The lowest BCUT2D eigenvalue weighted by Gasteiger charge is -2.44. The first-order valence-electron chi connectivity index (χ1n) is 13.9. The van der Waals surface area contributed by atoms with Crippen molar-refractivity contribution in [1.82, 2.24) is 15.5 Å². The quantitative estimate of drug-likeness (QED) is 0.419. The van der Waals surface area contributed by atoms with Crippen LogP contribution in [0.1, 0.15) is 104 Å². The van der Waals surface area contributed by atoms with Gasteiger partial charge in [-0.25, -0.2) is 4.79 Å². The standard InChI is InChI=1S/C29H45N3O5/c1-19(2)17-24(31-28(36)37-29(3,4)5)27(35)32(22-14-10-15-22)25(20-11-9-16-23(33)18-20)26(34)30-21-12-7-6-8-13-21/h9,11,16,18-19,21-22,24-25,33H,6-8,10,12-15,17H2,1-5H3,(H,30,34)(H,31,36). The smallest absolute Gasteiger partial charge is 0.408 e. The molecule has 0 saturated heterocycles. The Labute approximate surface area is 221 Å². The second-order valence-corrected chi connectivity index (χ2v) is 12.0. The fourth-order valence-corrected chi connectivity index (χ4v) is 5.17. The van der Waals surface area contributed by atoms with Crippen LogP contribution in [-0.2, 0) is 14.3 Å². The van der Waals surface area contributed by atoms with Crippen molar-refractivity contribution in [1.29, 1.82) is 0 Å². The van der Waals surface area contributed by atoms with E-state index in [0.29, 0.717) is 12.0 Å². The van der Waals surface area contributed by atoms with Gasteiger partial charge in [0, 0.05) is 12.1 Å². The van der Waals surface area contributed by atoms with Crippen molar-refractivity contribution in [2.24, 2.45) is 5.92 Å². The third-order valence-corrected chi connectivity index (χ3v) is 7.08. The van der Waals surface area contributed by atoms with Gasteiger partial charge in [-0.15, -0.1) is 0 Å². The predicted molar refractivity (Wildman–Crippen MR) is 143 cm³/mol. The van der Waals surface area contributed by atoms with Gasteiger partial charge in [0.25, 0.3) is 0 Å². The summed E-state index contributed by atoms with van der Waals surface area (Å²) in [7, 11) is 0. The van der Waals surface area contributed by atoms with Gasteiger partial charge in [0.1, 0.15) is 23.4 Å². The van der Waals surface area contributed by atoms with Gasteiger partial charge in [0.05, 0.1) is 0 Å². The minimum absolute atomic E-state index is 0.0413. The first-order valence-corrected chi connectivity index (χ1v) is 13.9. The summed E-state index contributed by atoms with van der Waals surface area (Å²) in [6.45, 7) is 9.32. The molecule has 0 heterocycles. The lowest BCUT2D eigenvalue weighted by Crippen LogP contribution is -2.58. The molecule has 2 atom stereocenters. The number of hydrogen-bond acceptors (Lipinski definition) is 5. The largest absolute Gasteiger partial charge is 0.508 e. The number of rotatable bonds is 9. The number of carbonyl (C=O) groups is 3. The van der Waals surface area contributed by atoms with E-state index < -0.39 is 23.8 Å². The summed E-state index contributed by atoms with van der Waals surface area (Å²) >= 11 is 0. The fraction of sp³-hybridized carbons (Fsp3) is 0.690. The number of ether oxygens (including phenoxy) is 1. The Morgan fingerprint density at radius 3 is 2.27 bits per heavy atom. The van der Waals surface area contributed by atoms with E-state index in [2.05, 4.69) is 10.6 Å². The van der Waals surface area contributed by atoms with Crippen LogP contribution < -0.4 is 10.6 Å². The van der Waals surface area contributed by atoms with Crippen LogP contribution in [0.4, 0.5) is 4.79 Å². The van der Waals surface area contributed by atoms with E-state index in [1.54, 1.807) is 49.9 Å². The summed E-state index contributed by atoms with van der Waals surface area (Å²) in [5.74, 6) is -0.364. The van der Waals surface area contributed by atoms with Gasteiger partial charge in [0.15, 0.2) is 0 Å². The van der Waals surface area contributed by atoms with Gasteiger partial charge >= 0.3 is 6.09 Å². The van der Waals surface area contributed by atoms with Crippen LogP contribution in [-0.4, -0.2) is 51.6 Å². The maximum atomic E-state index is 14.2. The molecule has 0 aliphatic heterocycles. The number of nitrogens with one attached hydrogen (secondary N) is 2. The third-order valence-electron chi connectivity index (χ3n) is 7.08. The van der Waals surface area contributed by atoms with Crippen LogP contribution in [0.15, 0.2) is 24.3 Å². The zero-order chi connectivity index (χ0) is 27.2. The average molecular weight is 516 g/mol. The minimum Gasteiger partial charge on any atom is -0.508 e. The molecule has 1 aromatic carbocycles. The molecule has 0 radical (unpaired) electrons. The Hall–Kier alpha value is -2.77. The van der Waals surface area contributed by atoms with Crippen molar-refractivity contribution >= 4 is 17.9 Å². The number of phenols is 1. The molecule has 0 spiro atoms.